The van der Waals surface area contributed by atoms with Crippen LogP contribution in [0.5, 0.6) is 5.75 Å². The highest BCUT2D eigenvalue weighted by molar-refractivity contribution is 7.85. The fourth-order valence-electron chi connectivity index (χ4n) is 3.56. The van der Waals surface area contributed by atoms with Crippen LogP contribution in [0.3, 0.4) is 0 Å². The molecular formula is C23H16Cl2O9S. The van der Waals surface area contributed by atoms with Gasteiger partial charge < -0.3 is 15.3 Å². The second kappa shape index (κ2) is 9.31. The van der Waals surface area contributed by atoms with Crippen LogP contribution in [0.4, 0.5) is 0 Å². The van der Waals surface area contributed by atoms with E-state index >= 15 is 0 Å². The van der Waals surface area contributed by atoms with Crippen molar-refractivity contribution < 1.29 is 42.7 Å². The average Bonchev–Trinajstić information content (AvgIpc) is 2.73. The number of phenols is 1. The predicted molar refractivity (Wildman–Crippen MR) is 127 cm³/mol. The minimum absolute atomic E-state index is 0.0310. The summed E-state index contributed by atoms with van der Waals surface area (Å²) in [5, 5.41) is 28.7. The van der Waals surface area contributed by atoms with E-state index in [0.717, 1.165) is 24.3 Å². The number of rotatable bonds is 5. The molecule has 2 aromatic carbocycles. The fraction of sp³-hybridized carbons (Fsp3) is 0.0870. The summed E-state index contributed by atoms with van der Waals surface area (Å²) in [5.74, 6) is -4.21. The van der Waals surface area contributed by atoms with E-state index in [-0.39, 0.29) is 43.5 Å². The van der Waals surface area contributed by atoms with E-state index in [0.29, 0.717) is 0 Å². The van der Waals surface area contributed by atoms with Crippen molar-refractivity contribution >= 4 is 56.6 Å². The van der Waals surface area contributed by atoms with Crippen molar-refractivity contribution in [3.63, 3.8) is 0 Å². The van der Waals surface area contributed by atoms with Crippen LogP contribution in [0.1, 0.15) is 34.0 Å². The molecule has 0 radical (unpaired) electrons. The smallest absolute Gasteiger partial charge is 0.339 e. The lowest BCUT2D eigenvalue weighted by Gasteiger charge is -2.20. The summed E-state index contributed by atoms with van der Waals surface area (Å²) in [6.45, 7) is 2.81. The lowest BCUT2D eigenvalue weighted by molar-refractivity contribution is -0.134. The SMILES string of the molecule is CC1=C/C(=C(/c2cc(C)c(O)c(C(=O)O)c2)c2c(Cl)cc(S(=O)(=O)O)cc2Cl)C=C(C(=O)O)C1=O. The number of carbonyl (C=O) groups is 3. The lowest BCUT2D eigenvalue weighted by Crippen LogP contribution is -2.17. The largest absolute Gasteiger partial charge is 0.507 e. The molecule has 12 heteroatoms. The summed E-state index contributed by atoms with van der Waals surface area (Å²) in [6, 6.07) is 4.32. The van der Waals surface area contributed by atoms with Gasteiger partial charge in [0.1, 0.15) is 16.9 Å². The van der Waals surface area contributed by atoms with Crippen LogP contribution in [-0.4, -0.2) is 46.0 Å². The molecule has 0 aromatic heterocycles. The number of carboxylic acids is 2. The number of allylic oxidation sites excluding steroid dienone is 4. The number of carbonyl (C=O) groups excluding carboxylic acids is 1. The Bertz CT molecular complexity index is 1510. The van der Waals surface area contributed by atoms with Crippen molar-refractivity contribution in [2.45, 2.75) is 18.7 Å². The monoisotopic (exact) mass is 538 g/mol. The number of aromatic hydroxyl groups is 1. The first kappa shape index (κ1) is 26.2. The van der Waals surface area contributed by atoms with Crippen molar-refractivity contribution in [3.8, 4) is 5.75 Å². The van der Waals surface area contributed by atoms with Gasteiger partial charge in [0.2, 0.25) is 0 Å². The number of aryl methyl sites for hydroxylation is 1. The van der Waals surface area contributed by atoms with Crippen LogP contribution in [0, 0.1) is 6.92 Å². The highest BCUT2D eigenvalue weighted by Gasteiger charge is 2.28. The third kappa shape index (κ3) is 5.01. The summed E-state index contributed by atoms with van der Waals surface area (Å²) in [7, 11) is -4.69. The Kier molecular flexibility index (Phi) is 6.96. The van der Waals surface area contributed by atoms with E-state index < -0.39 is 49.6 Å². The Morgan fingerprint density at radius 1 is 0.914 bits per heavy atom. The molecule has 4 N–H and O–H groups in total. The molecule has 0 saturated carbocycles. The van der Waals surface area contributed by atoms with Gasteiger partial charge in [0.15, 0.2) is 5.78 Å². The Hall–Kier alpha value is -3.44. The van der Waals surface area contributed by atoms with Crippen molar-refractivity contribution in [2.24, 2.45) is 0 Å². The average molecular weight is 539 g/mol. The summed E-state index contributed by atoms with van der Waals surface area (Å²) in [4.78, 5) is 35.1. The molecule has 0 atom stereocenters. The zero-order chi connectivity index (χ0) is 26.4. The normalized spacial score (nSPS) is 15.4. The summed E-state index contributed by atoms with van der Waals surface area (Å²) in [6.07, 6.45) is 2.40. The van der Waals surface area contributed by atoms with Crippen molar-refractivity contribution in [2.75, 3.05) is 0 Å². The highest BCUT2D eigenvalue weighted by Crippen LogP contribution is 2.42. The third-order valence-electron chi connectivity index (χ3n) is 5.18. The first-order valence-electron chi connectivity index (χ1n) is 9.60. The lowest BCUT2D eigenvalue weighted by atomic mass is 9.85. The van der Waals surface area contributed by atoms with Gasteiger partial charge in [-0.25, -0.2) is 9.59 Å². The molecule has 0 heterocycles. The second-order valence-electron chi connectivity index (χ2n) is 7.58. The van der Waals surface area contributed by atoms with Gasteiger partial charge in [-0.15, -0.1) is 0 Å². The fourth-order valence-corrected chi connectivity index (χ4v) is 4.90. The first-order chi connectivity index (χ1) is 16.1. The molecule has 1 aliphatic carbocycles. The molecule has 3 rings (SSSR count). The number of hydrogen-bond acceptors (Lipinski definition) is 6. The van der Waals surface area contributed by atoms with Crippen molar-refractivity contribution in [3.05, 3.63) is 85.4 Å². The maximum Gasteiger partial charge on any atom is 0.339 e. The quantitative estimate of drug-likeness (QED) is 0.320. The van der Waals surface area contributed by atoms with Gasteiger partial charge in [-0.05, 0) is 78.1 Å². The number of hydrogen-bond donors (Lipinski definition) is 4. The van der Waals surface area contributed by atoms with Gasteiger partial charge in [0, 0.05) is 5.56 Å². The zero-order valence-corrected chi connectivity index (χ0v) is 20.3. The molecule has 0 fully saturated rings. The minimum atomic E-state index is -4.69. The van der Waals surface area contributed by atoms with Gasteiger partial charge in [-0.1, -0.05) is 23.2 Å². The maximum atomic E-state index is 12.3. The van der Waals surface area contributed by atoms with Gasteiger partial charge in [0.25, 0.3) is 10.1 Å². The molecule has 0 bridgehead atoms. The van der Waals surface area contributed by atoms with E-state index in [1.165, 1.54) is 26.0 Å². The molecule has 1 aliphatic rings. The van der Waals surface area contributed by atoms with Gasteiger partial charge in [-0.3, -0.25) is 9.35 Å². The van der Waals surface area contributed by atoms with Crippen molar-refractivity contribution in [1.82, 2.24) is 0 Å². The number of carboxylic acid groups (broad SMARTS) is 2. The number of ketones is 1. The molecule has 2 aromatic rings. The number of aliphatic carboxylic acids is 1. The summed E-state index contributed by atoms with van der Waals surface area (Å²) < 4.78 is 32.6. The summed E-state index contributed by atoms with van der Waals surface area (Å²) in [5.41, 5.74) is -0.611. The molecule has 182 valence electrons. The van der Waals surface area contributed by atoms with Crippen LogP contribution < -0.4 is 0 Å². The molecular weight excluding hydrogens is 523 g/mol. The van der Waals surface area contributed by atoms with Gasteiger partial charge in [0.05, 0.1) is 14.9 Å². The summed E-state index contributed by atoms with van der Waals surface area (Å²) >= 11 is 12.7. The van der Waals surface area contributed by atoms with Crippen LogP contribution in [-0.2, 0) is 19.7 Å². The standard InChI is InChI=1S/C23H16Cl2O9S/c1-9-3-11(5-14(20(9)26)22(28)29)18(12-4-10(2)21(27)15(6-12)23(30)31)19-16(24)7-13(8-17(19)25)35(32,33)34/h3-8,26H,1-2H3,(H,28,29)(H,30,31)(H,32,33,34)/b18-12+. The zero-order valence-electron chi connectivity index (χ0n) is 18.0. The maximum absolute atomic E-state index is 12.3. The first-order valence-corrected chi connectivity index (χ1v) is 11.8. The molecule has 0 aliphatic heterocycles. The van der Waals surface area contributed by atoms with Gasteiger partial charge >= 0.3 is 11.9 Å². The molecule has 0 unspecified atom stereocenters. The van der Waals surface area contributed by atoms with Crippen molar-refractivity contribution in [1.29, 1.82) is 0 Å². The van der Waals surface area contributed by atoms with Gasteiger partial charge in [-0.2, -0.15) is 8.42 Å². The molecule has 9 nitrogen and oxygen atoms in total. The topological polar surface area (TPSA) is 166 Å². The number of benzene rings is 2. The Labute approximate surface area is 209 Å². The van der Waals surface area contributed by atoms with Crippen LogP contribution in [0.15, 0.2) is 58.0 Å². The minimum Gasteiger partial charge on any atom is -0.507 e. The molecule has 0 saturated heterocycles. The second-order valence-corrected chi connectivity index (χ2v) is 9.82. The van der Waals surface area contributed by atoms with Crippen LogP contribution in [0.2, 0.25) is 10.0 Å². The van der Waals surface area contributed by atoms with Crippen LogP contribution >= 0.6 is 23.2 Å². The number of Topliss-reactive ketones (excluding diaryl/α,β-unsaturated/α-hetero) is 1. The third-order valence-corrected chi connectivity index (χ3v) is 6.60. The van der Waals surface area contributed by atoms with Crippen LogP contribution in [0.25, 0.3) is 5.57 Å². The molecule has 0 spiro atoms. The van der Waals surface area contributed by atoms with E-state index in [4.69, 9.17) is 23.2 Å². The van der Waals surface area contributed by atoms with E-state index in [1.807, 2.05) is 0 Å². The van der Waals surface area contributed by atoms with E-state index in [9.17, 15) is 42.7 Å². The predicted octanol–water partition coefficient (Wildman–Crippen LogP) is 4.29. The highest BCUT2D eigenvalue weighted by atomic mass is 35.5. The molecule has 35 heavy (non-hydrogen) atoms. The Morgan fingerprint density at radius 2 is 1.49 bits per heavy atom. The molecule has 0 amide bonds. The Morgan fingerprint density at radius 3 is 1.97 bits per heavy atom. The number of halogens is 2. The van der Waals surface area contributed by atoms with E-state index in [2.05, 4.69) is 0 Å². The Balaban J connectivity index is 2.54. The van der Waals surface area contributed by atoms with E-state index in [1.54, 1.807) is 0 Å². The number of aromatic carboxylic acids is 1.